The van der Waals surface area contributed by atoms with Gasteiger partial charge in [0.2, 0.25) is 0 Å². The van der Waals surface area contributed by atoms with Crippen LogP contribution in [-0.2, 0) is 5.41 Å². The average Bonchev–Trinajstić information content (AvgIpc) is 3.49. The Labute approximate surface area is 321 Å². The Morgan fingerprint density at radius 2 is 0.818 bits per heavy atom. The van der Waals surface area contributed by atoms with Gasteiger partial charge in [0.05, 0.1) is 0 Å². The molecule has 1 aliphatic rings. The minimum Gasteiger partial charge on any atom is -0.208 e. The van der Waals surface area contributed by atoms with E-state index in [1.807, 2.05) is 12.1 Å². The van der Waals surface area contributed by atoms with E-state index in [1.165, 1.54) is 33.4 Å². The van der Waals surface area contributed by atoms with Crippen LogP contribution < -0.4 is 0 Å². The quantitative estimate of drug-likeness (QED) is 0.173. The summed E-state index contributed by atoms with van der Waals surface area (Å²) in [5.41, 5.74) is 15.2. The summed E-state index contributed by atoms with van der Waals surface area (Å²) in [5, 5.41) is 2.23. The maximum Gasteiger partial charge on any atom is 0.164 e. The number of rotatable bonds is 6. The molecule has 9 aromatic rings. The van der Waals surface area contributed by atoms with Gasteiger partial charge in [-0.15, -0.1) is 0 Å². The van der Waals surface area contributed by atoms with Crippen molar-refractivity contribution in [3.8, 4) is 78.7 Å². The molecular formula is C52H37N3. The lowest BCUT2D eigenvalue weighted by molar-refractivity contribution is 0.660. The van der Waals surface area contributed by atoms with Crippen LogP contribution in [0.2, 0.25) is 0 Å². The fourth-order valence-electron chi connectivity index (χ4n) is 8.33. The first kappa shape index (κ1) is 32.7. The highest BCUT2D eigenvalue weighted by Crippen LogP contribution is 2.52. The number of hydrogen-bond acceptors (Lipinski definition) is 3. The van der Waals surface area contributed by atoms with Crippen LogP contribution in [0.4, 0.5) is 0 Å². The molecule has 0 atom stereocenters. The van der Waals surface area contributed by atoms with Crippen molar-refractivity contribution >= 4 is 10.8 Å². The number of benzene rings is 8. The highest BCUT2D eigenvalue weighted by molar-refractivity contribution is 6.00. The fraction of sp³-hybridized carbons (Fsp3) is 0.0577. The van der Waals surface area contributed by atoms with Crippen LogP contribution >= 0.6 is 0 Å². The average molecular weight is 704 g/mol. The summed E-state index contributed by atoms with van der Waals surface area (Å²) >= 11 is 0. The number of aromatic nitrogens is 3. The molecule has 0 fully saturated rings. The van der Waals surface area contributed by atoms with Crippen LogP contribution in [0.5, 0.6) is 0 Å². The molecule has 1 heterocycles. The van der Waals surface area contributed by atoms with E-state index in [0.717, 1.165) is 49.7 Å². The lowest BCUT2D eigenvalue weighted by Gasteiger charge is -2.21. The maximum atomic E-state index is 5.21. The minimum atomic E-state index is -0.0543. The zero-order chi connectivity index (χ0) is 36.9. The van der Waals surface area contributed by atoms with E-state index in [-0.39, 0.29) is 5.41 Å². The van der Waals surface area contributed by atoms with Crippen molar-refractivity contribution < 1.29 is 0 Å². The molecule has 1 aromatic heterocycles. The Bertz CT molecular complexity index is 2790. The SMILES string of the molecule is CC1(C)c2ccccc2-c2c(-c3ccc4c(-c5nc(-c6cccc(-c7ccccc7)c6)nc(-c6cccc(-c7ccccc7)c6)n5)cccc4c3)cccc21. The first-order valence-corrected chi connectivity index (χ1v) is 18.9. The van der Waals surface area contributed by atoms with Gasteiger partial charge in [-0.3, -0.25) is 0 Å². The highest BCUT2D eigenvalue weighted by Gasteiger charge is 2.36. The second-order valence-electron chi connectivity index (χ2n) is 14.8. The van der Waals surface area contributed by atoms with Gasteiger partial charge in [-0.05, 0) is 84.6 Å². The van der Waals surface area contributed by atoms with Gasteiger partial charge in [0.1, 0.15) is 0 Å². The van der Waals surface area contributed by atoms with Crippen LogP contribution in [0.25, 0.3) is 89.4 Å². The van der Waals surface area contributed by atoms with E-state index in [1.54, 1.807) is 0 Å². The molecule has 0 N–H and O–H groups in total. The zero-order valence-electron chi connectivity index (χ0n) is 30.7. The molecule has 0 amide bonds. The van der Waals surface area contributed by atoms with Crippen molar-refractivity contribution in [2.24, 2.45) is 0 Å². The fourth-order valence-corrected chi connectivity index (χ4v) is 8.33. The standard InChI is InChI=1S/C52H37N3/c1-52(2)46-27-10-9-24-45(46)48-43(25-14-28-47(48)52)39-29-30-42-38(33-39)21-13-26-44(42)51-54-49(40-22-11-19-36(31-40)34-15-5-3-6-16-34)53-50(55-51)41-23-12-20-37(32-41)35-17-7-4-8-18-35/h3-33H,1-2H3. The molecule has 10 rings (SSSR count). The lowest BCUT2D eigenvalue weighted by Crippen LogP contribution is -2.14. The molecule has 0 saturated carbocycles. The monoisotopic (exact) mass is 703 g/mol. The first-order valence-electron chi connectivity index (χ1n) is 18.9. The summed E-state index contributed by atoms with van der Waals surface area (Å²) in [6, 6.07) is 66.7. The van der Waals surface area contributed by atoms with Gasteiger partial charge in [-0.25, -0.2) is 15.0 Å². The Morgan fingerprint density at radius 1 is 0.327 bits per heavy atom. The third kappa shape index (κ3) is 5.73. The van der Waals surface area contributed by atoms with Gasteiger partial charge in [-0.2, -0.15) is 0 Å². The predicted octanol–water partition coefficient (Wildman–Crippen LogP) is 13.3. The largest absolute Gasteiger partial charge is 0.208 e. The second-order valence-corrected chi connectivity index (χ2v) is 14.8. The van der Waals surface area contributed by atoms with Crippen LogP contribution in [-0.4, -0.2) is 15.0 Å². The molecule has 8 aromatic carbocycles. The Balaban J connectivity index is 1.13. The number of nitrogens with zero attached hydrogens (tertiary/aromatic N) is 3. The molecule has 1 aliphatic carbocycles. The lowest BCUT2D eigenvalue weighted by atomic mass is 9.82. The molecule has 0 bridgehead atoms. The van der Waals surface area contributed by atoms with Crippen LogP contribution in [0, 0.1) is 0 Å². The summed E-state index contributed by atoms with van der Waals surface area (Å²) in [6.07, 6.45) is 0. The highest BCUT2D eigenvalue weighted by atomic mass is 15.0. The molecular weight excluding hydrogens is 667 g/mol. The third-order valence-corrected chi connectivity index (χ3v) is 11.1. The summed E-state index contributed by atoms with van der Waals surface area (Å²) in [4.78, 5) is 15.6. The molecule has 55 heavy (non-hydrogen) atoms. The molecule has 0 spiro atoms. The Kier molecular flexibility index (Phi) is 7.81. The topological polar surface area (TPSA) is 38.7 Å². The summed E-state index contributed by atoms with van der Waals surface area (Å²) in [7, 11) is 0. The first-order chi connectivity index (χ1) is 27.0. The van der Waals surface area contributed by atoms with E-state index < -0.39 is 0 Å². The Morgan fingerprint density at radius 3 is 1.49 bits per heavy atom. The molecule has 260 valence electrons. The second kappa shape index (κ2) is 13.2. The number of hydrogen-bond donors (Lipinski definition) is 0. The molecule has 3 heteroatoms. The molecule has 3 nitrogen and oxygen atoms in total. The zero-order valence-corrected chi connectivity index (χ0v) is 30.7. The van der Waals surface area contributed by atoms with E-state index in [9.17, 15) is 0 Å². The van der Waals surface area contributed by atoms with E-state index >= 15 is 0 Å². The van der Waals surface area contributed by atoms with Gasteiger partial charge >= 0.3 is 0 Å². The van der Waals surface area contributed by atoms with Gasteiger partial charge in [0.15, 0.2) is 17.5 Å². The van der Waals surface area contributed by atoms with Gasteiger partial charge in [-0.1, -0.05) is 184 Å². The predicted molar refractivity (Wildman–Crippen MR) is 228 cm³/mol. The van der Waals surface area contributed by atoms with E-state index in [0.29, 0.717) is 17.5 Å². The maximum absolute atomic E-state index is 5.21. The minimum absolute atomic E-state index is 0.0543. The summed E-state index contributed by atoms with van der Waals surface area (Å²) in [6.45, 7) is 4.67. The Hall–Kier alpha value is -6.97. The third-order valence-electron chi connectivity index (χ3n) is 11.1. The summed E-state index contributed by atoms with van der Waals surface area (Å²) < 4.78 is 0. The van der Waals surface area contributed by atoms with E-state index in [2.05, 4.69) is 190 Å². The van der Waals surface area contributed by atoms with Gasteiger partial charge < -0.3 is 0 Å². The van der Waals surface area contributed by atoms with Crippen molar-refractivity contribution in [1.29, 1.82) is 0 Å². The van der Waals surface area contributed by atoms with Crippen molar-refractivity contribution in [2.75, 3.05) is 0 Å². The van der Waals surface area contributed by atoms with Crippen molar-refractivity contribution in [3.63, 3.8) is 0 Å². The molecule has 0 saturated heterocycles. The molecule has 0 unspecified atom stereocenters. The van der Waals surface area contributed by atoms with Crippen LogP contribution in [0.15, 0.2) is 188 Å². The van der Waals surface area contributed by atoms with Crippen LogP contribution in [0.3, 0.4) is 0 Å². The normalized spacial score (nSPS) is 12.7. The van der Waals surface area contributed by atoms with Crippen molar-refractivity contribution in [2.45, 2.75) is 19.3 Å². The van der Waals surface area contributed by atoms with E-state index in [4.69, 9.17) is 15.0 Å². The van der Waals surface area contributed by atoms with Crippen LogP contribution in [0.1, 0.15) is 25.0 Å². The van der Waals surface area contributed by atoms with Gasteiger partial charge in [0.25, 0.3) is 0 Å². The smallest absolute Gasteiger partial charge is 0.164 e. The molecule has 0 radical (unpaired) electrons. The molecule has 0 aliphatic heterocycles. The van der Waals surface area contributed by atoms with Gasteiger partial charge in [0, 0.05) is 22.1 Å². The number of fused-ring (bicyclic) bond motifs is 4. The van der Waals surface area contributed by atoms with Crippen molar-refractivity contribution in [1.82, 2.24) is 15.0 Å². The van der Waals surface area contributed by atoms with Crippen molar-refractivity contribution in [3.05, 3.63) is 199 Å². The summed E-state index contributed by atoms with van der Waals surface area (Å²) in [5.74, 6) is 1.92.